The molecule has 0 heterocycles. The lowest BCUT2D eigenvalue weighted by molar-refractivity contribution is 0.607. The lowest BCUT2D eigenvalue weighted by atomic mass is 9.92. The van der Waals surface area contributed by atoms with Gasteiger partial charge in [-0.2, -0.15) is 0 Å². The van der Waals surface area contributed by atoms with Crippen molar-refractivity contribution in [2.45, 2.75) is 12.8 Å². The molecule has 1 aliphatic carbocycles. The van der Waals surface area contributed by atoms with Gasteiger partial charge in [0.05, 0.1) is 6.26 Å². The number of aryl methyl sites for hydroxylation is 2. The Morgan fingerprint density at radius 1 is 0.929 bits per heavy atom. The molecule has 3 aromatic rings. The van der Waals surface area contributed by atoms with Gasteiger partial charge in [0, 0.05) is 16.3 Å². The van der Waals surface area contributed by atoms with Gasteiger partial charge in [0.2, 0.25) is 10.0 Å². The van der Waals surface area contributed by atoms with Crippen molar-refractivity contribution < 1.29 is 8.42 Å². The third kappa shape index (κ3) is 3.98. The standard InChI is InChI=1S/C23H20ClNO2S/c1-28(26,27)25-19-9-4-6-16(14-19)15-21-20-10-3-2-7-17(20)12-13-18-8-5-11-22(24)23(18)21/h2-11,14-15,25H,12-13H2,1H3/b21-15+. The highest BCUT2D eigenvalue weighted by Gasteiger charge is 2.20. The minimum Gasteiger partial charge on any atom is -0.284 e. The van der Waals surface area contributed by atoms with Gasteiger partial charge in [0.15, 0.2) is 0 Å². The van der Waals surface area contributed by atoms with Crippen LogP contribution in [0.5, 0.6) is 0 Å². The summed E-state index contributed by atoms with van der Waals surface area (Å²) in [5.41, 5.74) is 7.23. The van der Waals surface area contributed by atoms with Crippen molar-refractivity contribution in [3.8, 4) is 0 Å². The molecule has 0 atom stereocenters. The molecule has 3 nitrogen and oxygen atoms in total. The maximum atomic E-state index is 11.6. The molecule has 0 aliphatic heterocycles. The molecule has 1 aliphatic rings. The van der Waals surface area contributed by atoms with Crippen LogP contribution in [0, 0.1) is 0 Å². The monoisotopic (exact) mass is 409 g/mol. The number of nitrogens with one attached hydrogen (secondary N) is 1. The van der Waals surface area contributed by atoms with Crippen molar-refractivity contribution in [3.05, 3.63) is 99.6 Å². The van der Waals surface area contributed by atoms with E-state index < -0.39 is 10.0 Å². The Kier molecular flexibility index (Phi) is 5.00. The van der Waals surface area contributed by atoms with Gasteiger partial charge in [-0.3, -0.25) is 4.72 Å². The molecule has 0 radical (unpaired) electrons. The summed E-state index contributed by atoms with van der Waals surface area (Å²) >= 11 is 6.63. The van der Waals surface area contributed by atoms with Gasteiger partial charge >= 0.3 is 0 Å². The van der Waals surface area contributed by atoms with E-state index in [1.165, 1.54) is 11.1 Å². The molecule has 0 aromatic heterocycles. The van der Waals surface area contributed by atoms with E-state index in [4.69, 9.17) is 11.6 Å². The van der Waals surface area contributed by atoms with Crippen LogP contribution in [0.25, 0.3) is 11.6 Å². The number of sulfonamides is 1. The molecule has 0 amide bonds. The lowest BCUT2D eigenvalue weighted by Gasteiger charge is -2.14. The van der Waals surface area contributed by atoms with E-state index in [0.717, 1.165) is 46.4 Å². The third-order valence-electron chi connectivity index (χ3n) is 4.84. The maximum Gasteiger partial charge on any atom is 0.229 e. The predicted molar refractivity (Wildman–Crippen MR) is 117 cm³/mol. The van der Waals surface area contributed by atoms with Crippen LogP contribution in [0.2, 0.25) is 5.02 Å². The van der Waals surface area contributed by atoms with Crippen LogP contribution in [0.3, 0.4) is 0 Å². The first kappa shape index (κ1) is 18.8. The summed E-state index contributed by atoms with van der Waals surface area (Å²) in [6.45, 7) is 0. The predicted octanol–water partition coefficient (Wildman–Crippen LogP) is 5.40. The van der Waals surface area contributed by atoms with E-state index in [0.29, 0.717) is 5.69 Å². The second kappa shape index (κ2) is 7.46. The average Bonchev–Trinajstić information content (AvgIpc) is 2.79. The third-order valence-corrected chi connectivity index (χ3v) is 5.76. The summed E-state index contributed by atoms with van der Waals surface area (Å²) in [5, 5.41) is 0.728. The fourth-order valence-electron chi connectivity index (χ4n) is 3.71. The van der Waals surface area contributed by atoms with E-state index in [2.05, 4.69) is 35.1 Å². The van der Waals surface area contributed by atoms with Crippen molar-refractivity contribution in [1.82, 2.24) is 0 Å². The summed E-state index contributed by atoms with van der Waals surface area (Å²) in [5.74, 6) is 0. The normalized spacial score (nSPS) is 14.9. The van der Waals surface area contributed by atoms with Crippen LogP contribution < -0.4 is 4.72 Å². The highest BCUT2D eigenvalue weighted by molar-refractivity contribution is 7.92. The molecule has 0 unspecified atom stereocenters. The average molecular weight is 410 g/mol. The van der Waals surface area contributed by atoms with Gasteiger partial charge in [0.1, 0.15) is 0 Å². The van der Waals surface area contributed by atoms with E-state index in [1.807, 2.05) is 36.4 Å². The Morgan fingerprint density at radius 3 is 2.46 bits per heavy atom. The molecule has 1 N–H and O–H groups in total. The minimum absolute atomic E-state index is 0.540. The Morgan fingerprint density at radius 2 is 1.64 bits per heavy atom. The largest absolute Gasteiger partial charge is 0.284 e. The topological polar surface area (TPSA) is 46.2 Å². The number of anilines is 1. The second-order valence-electron chi connectivity index (χ2n) is 6.99. The van der Waals surface area contributed by atoms with E-state index in [-0.39, 0.29) is 0 Å². The summed E-state index contributed by atoms with van der Waals surface area (Å²) in [6, 6.07) is 21.8. The summed E-state index contributed by atoms with van der Waals surface area (Å²) < 4.78 is 25.7. The Labute approximate surface area is 170 Å². The molecular weight excluding hydrogens is 390 g/mol. The molecule has 4 rings (SSSR count). The zero-order valence-corrected chi connectivity index (χ0v) is 17.0. The Balaban J connectivity index is 1.91. The van der Waals surface area contributed by atoms with Crippen molar-refractivity contribution in [1.29, 1.82) is 0 Å². The molecule has 0 bridgehead atoms. The van der Waals surface area contributed by atoms with E-state index in [9.17, 15) is 8.42 Å². The zero-order chi connectivity index (χ0) is 19.7. The van der Waals surface area contributed by atoms with E-state index in [1.54, 1.807) is 6.07 Å². The number of benzene rings is 3. The Hall–Kier alpha value is -2.56. The fraction of sp³-hybridized carbons (Fsp3) is 0.130. The van der Waals surface area contributed by atoms with Crippen LogP contribution in [-0.4, -0.2) is 14.7 Å². The first-order valence-corrected chi connectivity index (χ1v) is 11.3. The SMILES string of the molecule is CS(=O)(=O)Nc1cccc(/C=C2\c3ccccc3CCc3cccc(Cl)c32)c1. The smallest absolute Gasteiger partial charge is 0.229 e. The Bertz CT molecular complexity index is 1180. The molecule has 5 heteroatoms. The van der Waals surface area contributed by atoms with Crippen molar-refractivity contribution in [3.63, 3.8) is 0 Å². The molecule has 0 spiro atoms. The zero-order valence-electron chi connectivity index (χ0n) is 15.4. The van der Waals surface area contributed by atoms with Gasteiger partial charge in [-0.25, -0.2) is 8.42 Å². The summed E-state index contributed by atoms with van der Waals surface area (Å²) in [6.07, 6.45) is 5.12. The van der Waals surface area contributed by atoms with Gasteiger partial charge in [-0.15, -0.1) is 0 Å². The minimum atomic E-state index is -3.33. The highest BCUT2D eigenvalue weighted by Crippen LogP contribution is 2.38. The van der Waals surface area contributed by atoms with Crippen molar-refractivity contribution >= 4 is 39.0 Å². The highest BCUT2D eigenvalue weighted by atomic mass is 35.5. The number of hydrogen-bond acceptors (Lipinski definition) is 2. The fourth-order valence-corrected chi connectivity index (χ4v) is 4.56. The molecule has 0 saturated carbocycles. The lowest BCUT2D eigenvalue weighted by Crippen LogP contribution is -2.09. The molecule has 3 aromatic carbocycles. The van der Waals surface area contributed by atoms with Gasteiger partial charge in [0.25, 0.3) is 0 Å². The number of hydrogen-bond donors (Lipinski definition) is 1. The van der Waals surface area contributed by atoms with Crippen LogP contribution >= 0.6 is 11.6 Å². The van der Waals surface area contributed by atoms with Gasteiger partial charge < -0.3 is 0 Å². The van der Waals surface area contributed by atoms with Gasteiger partial charge in [-0.05, 0) is 64.9 Å². The first-order valence-electron chi connectivity index (χ1n) is 9.06. The van der Waals surface area contributed by atoms with E-state index >= 15 is 0 Å². The molecular formula is C23H20ClNO2S. The van der Waals surface area contributed by atoms with Crippen LogP contribution in [-0.2, 0) is 22.9 Å². The van der Waals surface area contributed by atoms with Crippen LogP contribution in [0.4, 0.5) is 5.69 Å². The number of fused-ring (bicyclic) bond motifs is 2. The van der Waals surface area contributed by atoms with Crippen molar-refractivity contribution in [2.75, 3.05) is 11.0 Å². The second-order valence-corrected chi connectivity index (χ2v) is 9.14. The van der Waals surface area contributed by atoms with Crippen molar-refractivity contribution in [2.24, 2.45) is 0 Å². The number of halogens is 1. The summed E-state index contributed by atoms with van der Waals surface area (Å²) in [7, 11) is -3.33. The van der Waals surface area contributed by atoms with Gasteiger partial charge in [-0.1, -0.05) is 60.1 Å². The maximum absolute atomic E-state index is 11.6. The number of rotatable bonds is 3. The molecule has 28 heavy (non-hydrogen) atoms. The van der Waals surface area contributed by atoms with Crippen LogP contribution in [0.15, 0.2) is 66.7 Å². The first-order chi connectivity index (χ1) is 13.4. The van der Waals surface area contributed by atoms with Crippen LogP contribution in [0.1, 0.15) is 27.8 Å². The molecule has 0 fully saturated rings. The molecule has 142 valence electrons. The quantitative estimate of drug-likeness (QED) is 0.629. The molecule has 0 saturated heterocycles. The summed E-state index contributed by atoms with van der Waals surface area (Å²) in [4.78, 5) is 0.